The highest BCUT2D eigenvalue weighted by atomic mass is 32.2. The number of nitrogens with one attached hydrogen (secondary N) is 1. The third kappa shape index (κ3) is 3.57. The van der Waals surface area contributed by atoms with Crippen molar-refractivity contribution in [1.82, 2.24) is 0 Å². The smallest absolute Gasteiger partial charge is 0.286 e. The summed E-state index contributed by atoms with van der Waals surface area (Å²) >= 11 is 0. The van der Waals surface area contributed by atoms with Crippen LogP contribution in [0.4, 0.5) is 5.69 Å². The summed E-state index contributed by atoms with van der Waals surface area (Å²) in [5, 5.41) is 3.08. The number of benzene rings is 3. The Balaban J connectivity index is 1.53. The third-order valence-corrected chi connectivity index (χ3v) is 5.75. The molecule has 1 aliphatic heterocycles. The van der Waals surface area contributed by atoms with Gasteiger partial charge in [-0.15, -0.1) is 4.40 Å². The SMILES string of the molecule is Cc1ccccc1COc1ccc(C2=NS(=O)(=O)c3ccccc3N2)cc1. The quantitative estimate of drug-likeness (QED) is 0.741. The molecule has 0 spiro atoms. The Morgan fingerprint density at radius 2 is 1.63 bits per heavy atom. The first-order valence-electron chi connectivity index (χ1n) is 8.52. The Labute approximate surface area is 158 Å². The Morgan fingerprint density at radius 1 is 0.926 bits per heavy atom. The van der Waals surface area contributed by atoms with Gasteiger partial charge in [0.25, 0.3) is 10.0 Å². The van der Waals surface area contributed by atoms with E-state index in [9.17, 15) is 8.42 Å². The largest absolute Gasteiger partial charge is 0.489 e. The van der Waals surface area contributed by atoms with Gasteiger partial charge in [0.05, 0.1) is 5.69 Å². The second-order valence-corrected chi connectivity index (χ2v) is 7.85. The van der Waals surface area contributed by atoms with E-state index in [1.165, 1.54) is 5.56 Å². The fourth-order valence-corrected chi connectivity index (χ4v) is 4.02. The van der Waals surface area contributed by atoms with E-state index in [1.807, 2.05) is 43.3 Å². The predicted octanol–water partition coefficient (Wildman–Crippen LogP) is 4.14. The average Bonchev–Trinajstić information content (AvgIpc) is 2.67. The molecule has 1 heterocycles. The van der Waals surface area contributed by atoms with E-state index in [4.69, 9.17) is 4.74 Å². The van der Waals surface area contributed by atoms with Crippen molar-refractivity contribution in [2.75, 3.05) is 5.32 Å². The van der Waals surface area contributed by atoms with Crippen LogP contribution in [0.25, 0.3) is 0 Å². The highest BCUT2D eigenvalue weighted by Crippen LogP contribution is 2.28. The van der Waals surface area contributed by atoms with Gasteiger partial charge in [0.15, 0.2) is 5.84 Å². The molecule has 3 aromatic carbocycles. The molecule has 136 valence electrons. The molecular weight excluding hydrogens is 360 g/mol. The lowest BCUT2D eigenvalue weighted by Crippen LogP contribution is -2.22. The zero-order chi connectivity index (χ0) is 18.9. The van der Waals surface area contributed by atoms with Crippen molar-refractivity contribution >= 4 is 21.5 Å². The van der Waals surface area contributed by atoms with Crippen LogP contribution in [-0.2, 0) is 16.6 Å². The number of hydrogen-bond acceptors (Lipinski definition) is 4. The molecule has 4 rings (SSSR count). The molecule has 27 heavy (non-hydrogen) atoms. The number of sulfonamides is 1. The maximum absolute atomic E-state index is 12.4. The standard InChI is InChI=1S/C21H18N2O3S/c1-15-6-2-3-7-17(15)14-26-18-12-10-16(11-13-18)21-22-19-8-4-5-9-20(19)27(24,25)23-21/h2-13H,14H2,1H3,(H,22,23). The van der Waals surface area contributed by atoms with E-state index >= 15 is 0 Å². The second-order valence-electron chi connectivity index (χ2n) is 6.28. The molecule has 0 amide bonds. The summed E-state index contributed by atoms with van der Waals surface area (Å²) in [6.07, 6.45) is 0. The molecule has 0 aliphatic carbocycles. The van der Waals surface area contributed by atoms with Crippen molar-refractivity contribution in [3.8, 4) is 5.75 Å². The summed E-state index contributed by atoms with van der Waals surface area (Å²) in [7, 11) is -3.71. The van der Waals surface area contributed by atoms with Gasteiger partial charge >= 0.3 is 0 Å². The predicted molar refractivity (Wildman–Crippen MR) is 106 cm³/mol. The molecule has 0 bridgehead atoms. The molecule has 5 nitrogen and oxygen atoms in total. The minimum atomic E-state index is -3.71. The van der Waals surface area contributed by atoms with Gasteiger partial charge in [-0.1, -0.05) is 36.4 Å². The van der Waals surface area contributed by atoms with Crippen LogP contribution in [-0.4, -0.2) is 14.3 Å². The van der Waals surface area contributed by atoms with Gasteiger partial charge in [-0.3, -0.25) is 0 Å². The van der Waals surface area contributed by atoms with Crippen LogP contribution in [0.5, 0.6) is 5.75 Å². The molecule has 0 atom stereocenters. The van der Waals surface area contributed by atoms with Crippen molar-refractivity contribution in [2.24, 2.45) is 4.40 Å². The second kappa shape index (κ2) is 6.89. The number of ether oxygens (including phenoxy) is 1. The average molecular weight is 378 g/mol. The molecule has 1 N–H and O–H groups in total. The fraction of sp³-hybridized carbons (Fsp3) is 0.0952. The molecule has 0 radical (unpaired) electrons. The molecule has 0 fully saturated rings. The molecule has 0 saturated heterocycles. The normalized spacial score (nSPS) is 14.6. The highest BCUT2D eigenvalue weighted by molar-refractivity contribution is 7.90. The summed E-state index contributed by atoms with van der Waals surface area (Å²) in [6, 6.07) is 22.0. The zero-order valence-corrected chi connectivity index (χ0v) is 15.5. The van der Waals surface area contributed by atoms with Crippen molar-refractivity contribution < 1.29 is 13.2 Å². The van der Waals surface area contributed by atoms with E-state index in [-0.39, 0.29) is 4.90 Å². The first kappa shape index (κ1) is 17.3. The van der Waals surface area contributed by atoms with Gasteiger partial charge in [-0.2, -0.15) is 8.42 Å². The Hall–Kier alpha value is -3.12. The first-order valence-corrected chi connectivity index (χ1v) is 9.96. The zero-order valence-electron chi connectivity index (χ0n) is 14.7. The molecule has 0 saturated carbocycles. The van der Waals surface area contributed by atoms with Gasteiger partial charge in [0, 0.05) is 5.56 Å². The summed E-state index contributed by atoms with van der Waals surface area (Å²) in [6.45, 7) is 2.53. The molecule has 1 aliphatic rings. The number of rotatable bonds is 4. The lowest BCUT2D eigenvalue weighted by Gasteiger charge is -2.18. The summed E-state index contributed by atoms with van der Waals surface area (Å²) in [5.41, 5.74) is 3.51. The summed E-state index contributed by atoms with van der Waals surface area (Å²) in [4.78, 5) is 0.187. The fourth-order valence-electron chi connectivity index (χ4n) is 2.88. The van der Waals surface area contributed by atoms with E-state index in [2.05, 4.69) is 9.71 Å². The van der Waals surface area contributed by atoms with Crippen molar-refractivity contribution in [3.63, 3.8) is 0 Å². The van der Waals surface area contributed by atoms with Crippen LogP contribution in [0, 0.1) is 6.92 Å². The molecule has 0 unspecified atom stereocenters. The van der Waals surface area contributed by atoms with Gasteiger partial charge in [-0.25, -0.2) is 0 Å². The van der Waals surface area contributed by atoms with E-state index < -0.39 is 10.0 Å². The Kier molecular flexibility index (Phi) is 4.41. The van der Waals surface area contributed by atoms with Crippen LogP contribution in [0.15, 0.2) is 82.1 Å². The van der Waals surface area contributed by atoms with Crippen LogP contribution in [0.1, 0.15) is 16.7 Å². The lowest BCUT2D eigenvalue weighted by atomic mass is 10.1. The number of anilines is 1. The highest BCUT2D eigenvalue weighted by Gasteiger charge is 2.24. The number of para-hydroxylation sites is 1. The monoisotopic (exact) mass is 378 g/mol. The molecule has 6 heteroatoms. The molecule has 0 aromatic heterocycles. The number of nitrogens with zero attached hydrogens (tertiary/aromatic N) is 1. The maximum Gasteiger partial charge on any atom is 0.286 e. The van der Waals surface area contributed by atoms with Crippen molar-refractivity contribution in [3.05, 3.63) is 89.5 Å². The Morgan fingerprint density at radius 3 is 2.41 bits per heavy atom. The number of amidine groups is 1. The van der Waals surface area contributed by atoms with Crippen LogP contribution >= 0.6 is 0 Å². The number of fused-ring (bicyclic) bond motifs is 1. The van der Waals surface area contributed by atoms with Crippen LogP contribution < -0.4 is 10.1 Å². The topological polar surface area (TPSA) is 67.8 Å². The van der Waals surface area contributed by atoms with E-state index in [0.29, 0.717) is 29.4 Å². The van der Waals surface area contributed by atoms with Gasteiger partial charge < -0.3 is 10.1 Å². The first-order chi connectivity index (χ1) is 13.0. The molecule has 3 aromatic rings. The minimum absolute atomic E-state index is 0.187. The number of hydrogen-bond donors (Lipinski definition) is 1. The maximum atomic E-state index is 12.4. The van der Waals surface area contributed by atoms with Crippen molar-refractivity contribution in [1.29, 1.82) is 0 Å². The number of aryl methyl sites for hydroxylation is 1. The molecular formula is C21H18N2O3S. The van der Waals surface area contributed by atoms with E-state index in [1.54, 1.807) is 36.4 Å². The van der Waals surface area contributed by atoms with Crippen molar-refractivity contribution in [2.45, 2.75) is 18.4 Å². The van der Waals surface area contributed by atoms with Crippen LogP contribution in [0.2, 0.25) is 0 Å². The van der Waals surface area contributed by atoms with Gasteiger partial charge in [0.2, 0.25) is 0 Å². The van der Waals surface area contributed by atoms with Crippen LogP contribution in [0.3, 0.4) is 0 Å². The Bertz CT molecular complexity index is 1120. The third-order valence-electron chi connectivity index (χ3n) is 4.41. The van der Waals surface area contributed by atoms with E-state index in [0.717, 1.165) is 5.56 Å². The van der Waals surface area contributed by atoms with Gasteiger partial charge in [0.1, 0.15) is 17.3 Å². The van der Waals surface area contributed by atoms with Gasteiger partial charge in [-0.05, 0) is 54.4 Å². The summed E-state index contributed by atoms with van der Waals surface area (Å²) in [5.74, 6) is 1.01. The lowest BCUT2D eigenvalue weighted by molar-refractivity contribution is 0.305. The minimum Gasteiger partial charge on any atom is -0.489 e. The summed E-state index contributed by atoms with van der Waals surface area (Å²) < 4.78 is 34.5.